The molecule has 66 heavy (non-hydrogen) atoms. The summed E-state index contributed by atoms with van der Waals surface area (Å²) in [5.41, 5.74) is 4.93. The maximum absolute atomic E-state index is 14.9. The molecule has 5 atom stereocenters. The van der Waals surface area contributed by atoms with E-state index >= 15 is 0 Å². The molecule has 0 aliphatic carbocycles. The molecule has 2 saturated heterocycles. The van der Waals surface area contributed by atoms with Gasteiger partial charge in [-0.3, -0.25) is 9.05 Å². The number of nitrogens with zero attached hydrogens (tertiary/aromatic N) is 5. The molecule has 0 spiro atoms. The van der Waals surface area contributed by atoms with E-state index < -0.39 is 43.6 Å². The van der Waals surface area contributed by atoms with Crippen LogP contribution in [-0.4, -0.2) is 71.2 Å². The van der Waals surface area contributed by atoms with Crippen LogP contribution in [0.2, 0.25) is 10.0 Å². The van der Waals surface area contributed by atoms with Crippen LogP contribution >= 0.6 is 31.0 Å². The predicted molar refractivity (Wildman–Crippen MR) is 251 cm³/mol. The van der Waals surface area contributed by atoms with Crippen molar-refractivity contribution < 1.29 is 41.8 Å². The van der Waals surface area contributed by atoms with Crippen molar-refractivity contribution in [2.75, 3.05) is 38.8 Å². The van der Waals surface area contributed by atoms with Crippen LogP contribution < -0.4 is 10.3 Å². The number of anilines is 1. The van der Waals surface area contributed by atoms with Crippen molar-refractivity contribution in [3.05, 3.63) is 87.8 Å². The van der Waals surface area contributed by atoms with Crippen LogP contribution in [0.1, 0.15) is 127 Å². The molecule has 2 aliphatic rings. The summed E-state index contributed by atoms with van der Waals surface area (Å²) in [5, 5.41) is 25.3. The third-order valence-electron chi connectivity index (χ3n) is 11.7. The summed E-state index contributed by atoms with van der Waals surface area (Å²) in [6.45, 7) is 5.16. The zero-order valence-corrected chi connectivity index (χ0v) is 40.7. The number of phosphoric ester groups is 1. The lowest BCUT2D eigenvalue weighted by atomic mass is 9.86. The number of hydrogen-bond donors (Lipinski definition) is 1. The van der Waals surface area contributed by atoms with Crippen LogP contribution in [-0.2, 0) is 49.5 Å². The minimum atomic E-state index is -4.67. The molecule has 4 aromatic rings. The minimum Gasteiger partial charge on any atom is -0.402 e. The highest BCUT2D eigenvalue weighted by molar-refractivity contribution is 7.49. The fourth-order valence-electron chi connectivity index (χ4n) is 8.41. The highest BCUT2D eigenvalue weighted by atomic mass is 35.5. The zero-order chi connectivity index (χ0) is 47.0. The largest absolute Gasteiger partial charge is 0.530 e. The third-order valence-corrected chi connectivity index (χ3v) is 13.6. The van der Waals surface area contributed by atoms with Crippen molar-refractivity contribution in [2.45, 2.75) is 146 Å². The zero-order valence-electron chi connectivity index (χ0n) is 38.3. The molecule has 2 aromatic heterocycles. The maximum Gasteiger partial charge on any atom is 0.530 e. The SMILES string of the molecule is CCCCCCCCCCCCCCCCOC[C@@H](COP(=O)(OC[C@@]1(C#N)OC[C@@]2(c3ccc4c(N)ncnn34)OC(C)(C)O[C@H]12)Oc1ccccc1Cl)OCc1cc(Cl)cc(C#N)c1. The number of nitrogens with two attached hydrogens (primary N) is 1. The molecule has 2 aliphatic heterocycles. The Hall–Kier alpha value is -3.83. The number of fused-ring (bicyclic) bond motifs is 2. The molecule has 15 nitrogen and oxygen atoms in total. The Morgan fingerprint density at radius 1 is 0.924 bits per heavy atom. The summed E-state index contributed by atoms with van der Waals surface area (Å²) in [6, 6.07) is 19.2. The molecular weight excluding hydrogens is 906 g/mol. The molecule has 1 unspecified atom stereocenters. The molecule has 0 amide bonds. The van der Waals surface area contributed by atoms with E-state index in [1.54, 1.807) is 66.9 Å². The van der Waals surface area contributed by atoms with E-state index in [0.717, 1.165) is 19.3 Å². The van der Waals surface area contributed by atoms with Crippen molar-refractivity contribution in [3.63, 3.8) is 0 Å². The lowest BCUT2D eigenvalue weighted by Crippen LogP contribution is -2.49. The number of nitriles is 2. The summed E-state index contributed by atoms with van der Waals surface area (Å²) < 4.78 is 66.1. The summed E-state index contributed by atoms with van der Waals surface area (Å²) >= 11 is 12.8. The second kappa shape index (κ2) is 24.5. The normalized spacial score (nSPS) is 21.3. The Labute approximate surface area is 398 Å². The quantitative estimate of drug-likeness (QED) is 0.0399. The maximum atomic E-state index is 14.9. The van der Waals surface area contributed by atoms with Crippen LogP contribution in [0.5, 0.6) is 5.75 Å². The lowest BCUT2D eigenvalue weighted by Gasteiger charge is -2.30. The van der Waals surface area contributed by atoms with Crippen molar-refractivity contribution in [1.82, 2.24) is 14.6 Å². The number of benzene rings is 2. The van der Waals surface area contributed by atoms with Gasteiger partial charge in [0.1, 0.15) is 42.5 Å². The highest BCUT2D eigenvalue weighted by Gasteiger charge is 2.70. The molecule has 2 N–H and O–H groups in total. The first-order valence-electron chi connectivity index (χ1n) is 23.1. The average Bonchev–Trinajstić information content (AvgIpc) is 3.96. The first-order chi connectivity index (χ1) is 31.8. The number of ether oxygens (including phenoxy) is 5. The second-order valence-electron chi connectivity index (χ2n) is 17.4. The van der Waals surface area contributed by atoms with E-state index in [-0.39, 0.29) is 43.0 Å². The molecule has 2 fully saturated rings. The first-order valence-corrected chi connectivity index (χ1v) is 25.3. The molecule has 358 valence electrons. The topological polar surface area (TPSA) is 195 Å². The van der Waals surface area contributed by atoms with Gasteiger partial charge in [-0.2, -0.15) is 15.6 Å². The second-order valence-corrected chi connectivity index (χ2v) is 19.9. The molecule has 6 rings (SSSR count). The Morgan fingerprint density at radius 2 is 1.62 bits per heavy atom. The molecule has 0 bridgehead atoms. The summed E-state index contributed by atoms with van der Waals surface area (Å²) in [7, 11) is -4.67. The number of hydrogen-bond acceptors (Lipinski definition) is 14. The first kappa shape index (κ1) is 51.6. The monoisotopic (exact) mass is 968 g/mol. The van der Waals surface area contributed by atoms with E-state index in [4.69, 9.17) is 66.2 Å². The number of nitrogen functional groups attached to an aromatic ring is 1. The van der Waals surface area contributed by atoms with E-state index in [2.05, 4.69) is 29.1 Å². The van der Waals surface area contributed by atoms with Gasteiger partial charge in [-0.25, -0.2) is 14.1 Å². The third kappa shape index (κ3) is 13.7. The summed E-state index contributed by atoms with van der Waals surface area (Å²) in [6.07, 6.45) is 16.9. The van der Waals surface area contributed by atoms with E-state index in [1.165, 1.54) is 83.0 Å². The molecular formula is C48H63Cl2N6O9P. The van der Waals surface area contributed by atoms with Gasteiger partial charge in [-0.1, -0.05) is 126 Å². The Bertz CT molecular complexity index is 2320. The number of rotatable bonds is 29. The molecule has 2 aromatic carbocycles. The smallest absolute Gasteiger partial charge is 0.402 e. The van der Waals surface area contributed by atoms with E-state index in [0.29, 0.717) is 34.0 Å². The Balaban J connectivity index is 1.11. The van der Waals surface area contributed by atoms with E-state index in [9.17, 15) is 15.1 Å². The van der Waals surface area contributed by atoms with Crippen LogP contribution in [0.15, 0.2) is 60.9 Å². The average molecular weight is 970 g/mol. The van der Waals surface area contributed by atoms with Crippen molar-refractivity contribution in [3.8, 4) is 17.9 Å². The number of halogens is 2. The van der Waals surface area contributed by atoms with Gasteiger partial charge in [0, 0.05) is 11.6 Å². The van der Waals surface area contributed by atoms with Gasteiger partial charge >= 0.3 is 7.82 Å². The van der Waals surface area contributed by atoms with Gasteiger partial charge in [0.25, 0.3) is 0 Å². The Morgan fingerprint density at radius 3 is 2.30 bits per heavy atom. The van der Waals surface area contributed by atoms with Crippen molar-refractivity contribution in [1.29, 1.82) is 10.5 Å². The van der Waals surface area contributed by atoms with Gasteiger partial charge in [0.2, 0.25) is 5.60 Å². The molecule has 18 heteroatoms. The van der Waals surface area contributed by atoms with Gasteiger partial charge in [0.15, 0.2) is 17.2 Å². The van der Waals surface area contributed by atoms with Crippen LogP contribution in [0.25, 0.3) is 5.52 Å². The minimum absolute atomic E-state index is 0.0168. The summed E-state index contributed by atoms with van der Waals surface area (Å²) in [5.74, 6) is -0.932. The fraction of sp³-hybridized carbons (Fsp3) is 0.583. The van der Waals surface area contributed by atoms with Crippen LogP contribution in [0, 0.1) is 22.7 Å². The fourth-order valence-corrected chi connectivity index (χ4v) is 10.2. The van der Waals surface area contributed by atoms with Gasteiger partial charge in [0.05, 0.1) is 48.8 Å². The number of unbranched alkanes of at least 4 members (excludes halogenated alkanes) is 13. The molecule has 0 saturated carbocycles. The number of para-hydroxylation sites is 1. The lowest BCUT2D eigenvalue weighted by molar-refractivity contribution is -0.202. The molecule has 0 radical (unpaired) electrons. The van der Waals surface area contributed by atoms with Gasteiger partial charge in [-0.15, -0.1) is 0 Å². The number of aromatic nitrogens is 3. The van der Waals surface area contributed by atoms with Gasteiger partial charge < -0.3 is 33.9 Å². The predicted octanol–water partition coefficient (Wildman–Crippen LogP) is 11.4. The standard InChI is InChI=1S/C48H63Cl2N6O9P/c1-4-5-6-7-8-9-10-11-12-13-14-15-16-19-24-58-30-39(59-29-37-25-36(28-51)26-38(49)27-37)31-61-66(57,64-42-21-18-17-20-40(42)50)62-33-47(32-52)45-48(34-60-47,65-46(2,3)63-45)43-23-22-41-44(53)54-35-55-56(41)43/h17-18,20-23,25-27,35,39,45H,4-16,19,24,29-31,33-34H2,1-3H3,(H2,53,54,55)/t39-,45+,47+,48-,66?/m0/s1. The van der Waals surface area contributed by atoms with Gasteiger partial charge in [-0.05, 0) is 68.3 Å². The summed E-state index contributed by atoms with van der Waals surface area (Å²) in [4.78, 5) is 4.09. The highest BCUT2D eigenvalue weighted by Crippen LogP contribution is 2.57. The van der Waals surface area contributed by atoms with Crippen LogP contribution in [0.4, 0.5) is 5.82 Å². The van der Waals surface area contributed by atoms with Crippen molar-refractivity contribution >= 4 is 42.4 Å². The van der Waals surface area contributed by atoms with E-state index in [1.807, 2.05) is 0 Å². The van der Waals surface area contributed by atoms with Crippen molar-refractivity contribution in [2.24, 2.45) is 0 Å². The molecule has 4 heterocycles. The van der Waals surface area contributed by atoms with Crippen LogP contribution in [0.3, 0.4) is 0 Å². The Kier molecular flexibility index (Phi) is 19.1. The number of phosphoric acid groups is 1.